The van der Waals surface area contributed by atoms with Crippen LogP contribution in [-0.4, -0.2) is 32.3 Å². The highest BCUT2D eigenvalue weighted by atomic mass is 16.5. The highest BCUT2D eigenvalue weighted by Gasteiger charge is 2.24. The van der Waals surface area contributed by atoms with E-state index in [1.54, 1.807) is 5.48 Å². The molecule has 0 saturated heterocycles. The van der Waals surface area contributed by atoms with Crippen molar-refractivity contribution in [2.24, 2.45) is 5.73 Å². The lowest BCUT2D eigenvalue weighted by Gasteiger charge is -2.20. The van der Waals surface area contributed by atoms with Crippen LogP contribution in [0, 0.1) is 0 Å². The van der Waals surface area contributed by atoms with Gasteiger partial charge in [0.1, 0.15) is 11.7 Å². The fourth-order valence-corrected chi connectivity index (χ4v) is 3.55. The zero-order chi connectivity index (χ0) is 22.8. The van der Waals surface area contributed by atoms with Gasteiger partial charge in [-0.2, -0.15) is 0 Å². The second-order valence-electron chi connectivity index (χ2n) is 7.83. The average Bonchev–Trinajstić information content (AvgIpc) is 2.77. The Labute approximate surface area is 183 Å². The van der Waals surface area contributed by atoms with Gasteiger partial charge in [-0.25, -0.2) is 10.5 Å². The summed E-state index contributed by atoms with van der Waals surface area (Å²) in [6.45, 7) is 4.10. The summed E-state index contributed by atoms with van der Waals surface area (Å²) in [6, 6.07) is 6.99. The van der Waals surface area contributed by atoms with Crippen molar-refractivity contribution in [3.05, 3.63) is 52.1 Å². The van der Waals surface area contributed by atoms with Gasteiger partial charge in [0.05, 0.1) is 11.8 Å². The molecular formula is C23H34N4O4. The molecule has 1 aromatic heterocycles. The molecule has 2 aromatic rings. The number of carbonyl (C=O) groups excluding carboxylic acids is 1. The van der Waals surface area contributed by atoms with Crippen molar-refractivity contribution in [3.8, 4) is 11.3 Å². The smallest absolute Gasteiger partial charge is 0.275 e. The molecule has 0 fully saturated rings. The Morgan fingerprint density at radius 2 is 1.90 bits per heavy atom. The number of aromatic nitrogens is 2. The third kappa shape index (κ3) is 6.72. The maximum Gasteiger partial charge on any atom is 0.275 e. The van der Waals surface area contributed by atoms with Gasteiger partial charge in [-0.1, -0.05) is 44.0 Å². The van der Waals surface area contributed by atoms with Gasteiger partial charge in [-0.15, -0.1) is 0 Å². The van der Waals surface area contributed by atoms with E-state index in [1.807, 2.05) is 24.3 Å². The van der Waals surface area contributed by atoms with Gasteiger partial charge in [0.25, 0.3) is 11.5 Å². The number of aliphatic hydroxyl groups excluding tert-OH is 1. The molecule has 170 valence electrons. The Morgan fingerprint density at radius 3 is 2.48 bits per heavy atom. The van der Waals surface area contributed by atoms with Gasteiger partial charge in [-0.3, -0.25) is 19.4 Å². The number of unbranched alkanes of at least 4 members (excludes halogenated alkanes) is 3. The SMILES string of the molecule is CCCCCc1ccc(-c2cn(C(CCCCN)C(=O)NO)c(=O)c(C(C)O)n2)cc1. The number of rotatable bonds is 12. The van der Waals surface area contributed by atoms with Gasteiger partial charge in [0.2, 0.25) is 0 Å². The third-order valence-electron chi connectivity index (χ3n) is 5.35. The average molecular weight is 431 g/mol. The van der Waals surface area contributed by atoms with Crippen LogP contribution in [0.2, 0.25) is 0 Å². The number of hydrogen-bond donors (Lipinski definition) is 4. The molecule has 8 heteroatoms. The van der Waals surface area contributed by atoms with Crippen molar-refractivity contribution >= 4 is 5.91 Å². The van der Waals surface area contributed by atoms with Gasteiger partial charge in [0.15, 0.2) is 0 Å². The standard InChI is InChI=1S/C23H34N4O4/c1-3-4-5-8-17-10-12-18(13-11-17)19-15-27(23(30)21(25-19)16(2)28)20(22(29)26-31)9-6-7-14-24/h10-13,15-16,20,28,31H,3-9,14,24H2,1-2H3,(H,26,29). The first-order valence-electron chi connectivity index (χ1n) is 11.0. The maximum absolute atomic E-state index is 12.9. The molecule has 0 aliphatic carbocycles. The van der Waals surface area contributed by atoms with Crippen molar-refractivity contribution in [1.29, 1.82) is 0 Å². The number of aliphatic hydroxyl groups is 1. The molecule has 31 heavy (non-hydrogen) atoms. The van der Waals surface area contributed by atoms with Crippen molar-refractivity contribution in [2.45, 2.75) is 70.9 Å². The molecule has 0 aliphatic rings. The minimum Gasteiger partial charge on any atom is -0.387 e. The first-order chi connectivity index (χ1) is 14.9. The van der Waals surface area contributed by atoms with E-state index < -0.39 is 23.6 Å². The van der Waals surface area contributed by atoms with E-state index in [4.69, 9.17) is 5.73 Å². The predicted molar refractivity (Wildman–Crippen MR) is 120 cm³/mol. The summed E-state index contributed by atoms with van der Waals surface area (Å²) in [5.74, 6) is -0.695. The fourth-order valence-electron chi connectivity index (χ4n) is 3.55. The number of nitrogens with two attached hydrogens (primary N) is 1. The highest BCUT2D eigenvalue weighted by molar-refractivity contribution is 5.79. The van der Waals surface area contributed by atoms with E-state index in [1.165, 1.54) is 36.1 Å². The highest BCUT2D eigenvalue weighted by Crippen LogP contribution is 2.22. The van der Waals surface area contributed by atoms with E-state index >= 15 is 0 Å². The van der Waals surface area contributed by atoms with Crippen LogP contribution in [-0.2, 0) is 11.2 Å². The van der Waals surface area contributed by atoms with E-state index in [-0.39, 0.29) is 5.69 Å². The lowest BCUT2D eigenvalue weighted by Crippen LogP contribution is -2.38. The van der Waals surface area contributed by atoms with E-state index in [2.05, 4.69) is 11.9 Å². The second-order valence-corrected chi connectivity index (χ2v) is 7.83. The Balaban J connectivity index is 2.45. The van der Waals surface area contributed by atoms with Crippen LogP contribution in [0.5, 0.6) is 0 Å². The third-order valence-corrected chi connectivity index (χ3v) is 5.35. The Kier molecular flexibility index (Phi) is 9.84. The fraction of sp³-hybridized carbons (Fsp3) is 0.522. The first kappa shape index (κ1) is 24.7. The van der Waals surface area contributed by atoms with Gasteiger partial charge >= 0.3 is 0 Å². The number of aryl methyl sites for hydroxylation is 1. The summed E-state index contributed by atoms with van der Waals surface area (Å²) < 4.78 is 1.25. The van der Waals surface area contributed by atoms with E-state index in [9.17, 15) is 19.9 Å². The van der Waals surface area contributed by atoms with Crippen molar-refractivity contribution in [2.75, 3.05) is 6.54 Å². The molecule has 0 bridgehead atoms. The summed E-state index contributed by atoms with van der Waals surface area (Å²) in [5, 5.41) is 19.3. The molecule has 1 amide bonds. The second kappa shape index (κ2) is 12.3. The summed E-state index contributed by atoms with van der Waals surface area (Å²) in [5.41, 5.74) is 9.07. The first-order valence-corrected chi connectivity index (χ1v) is 11.0. The number of amides is 1. The normalized spacial score (nSPS) is 13.1. The molecule has 2 atom stereocenters. The van der Waals surface area contributed by atoms with Crippen molar-refractivity contribution < 1.29 is 15.1 Å². The van der Waals surface area contributed by atoms with Crippen LogP contribution in [0.1, 0.15) is 75.8 Å². The summed E-state index contributed by atoms with van der Waals surface area (Å²) in [6.07, 6.45) is 6.51. The summed E-state index contributed by atoms with van der Waals surface area (Å²) >= 11 is 0. The lowest BCUT2D eigenvalue weighted by molar-refractivity contribution is -0.133. The largest absolute Gasteiger partial charge is 0.387 e. The summed E-state index contributed by atoms with van der Waals surface area (Å²) in [4.78, 5) is 29.6. The zero-order valence-corrected chi connectivity index (χ0v) is 18.4. The minimum absolute atomic E-state index is 0.0425. The van der Waals surface area contributed by atoms with Crippen LogP contribution in [0.25, 0.3) is 11.3 Å². The number of carbonyl (C=O) groups is 1. The molecule has 2 rings (SSSR count). The van der Waals surface area contributed by atoms with Crippen LogP contribution >= 0.6 is 0 Å². The molecule has 1 aromatic carbocycles. The number of nitrogens with zero attached hydrogens (tertiary/aromatic N) is 2. The Bertz CT molecular complexity index is 893. The molecule has 0 radical (unpaired) electrons. The molecule has 1 heterocycles. The Hall–Kier alpha value is -2.55. The number of benzene rings is 1. The molecular weight excluding hydrogens is 396 g/mol. The van der Waals surface area contributed by atoms with Crippen LogP contribution < -0.4 is 16.8 Å². The van der Waals surface area contributed by atoms with Crippen LogP contribution in [0.4, 0.5) is 0 Å². The Morgan fingerprint density at radius 1 is 1.19 bits per heavy atom. The minimum atomic E-state index is -1.10. The molecule has 0 spiro atoms. The van der Waals surface area contributed by atoms with Gasteiger partial charge < -0.3 is 10.8 Å². The van der Waals surface area contributed by atoms with Crippen LogP contribution in [0.15, 0.2) is 35.3 Å². The number of nitrogens with one attached hydrogen (secondary N) is 1. The quantitative estimate of drug-likeness (QED) is 0.233. The molecule has 0 aliphatic heterocycles. The zero-order valence-electron chi connectivity index (χ0n) is 18.4. The lowest BCUT2D eigenvalue weighted by atomic mass is 10.0. The molecule has 8 nitrogen and oxygen atoms in total. The maximum atomic E-state index is 12.9. The molecule has 5 N–H and O–H groups in total. The molecule has 0 saturated carbocycles. The molecule has 2 unspecified atom stereocenters. The summed E-state index contributed by atoms with van der Waals surface area (Å²) in [7, 11) is 0. The van der Waals surface area contributed by atoms with E-state index in [0.29, 0.717) is 31.5 Å². The topological polar surface area (TPSA) is 130 Å². The monoisotopic (exact) mass is 430 g/mol. The van der Waals surface area contributed by atoms with E-state index in [0.717, 1.165) is 18.4 Å². The van der Waals surface area contributed by atoms with Crippen molar-refractivity contribution in [1.82, 2.24) is 15.0 Å². The predicted octanol–water partition coefficient (Wildman–Crippen LogP) is 2.87. The van der Waals surface area contributed by atoms with Crippen molar-refractivity contribution in [3.63, 3.8) is 0 Å². The number of hydroxylamine groups is 1. The number of hydrogen-bond acceptors (Lipinski definition) is 6. The van der Waals surface area contributed by atoms with Gasteiger partial charge in [0, 0.05) is 11.8 Å². The van der Waals surface area contributed by atoms with Crippen LogP contribution in [0.3, 0.4) is 0 Å². The van der Waals surface area contributed by atoms with Gasteiger partial charge in [-0.05, 0) is 51.1 Å².